The Kier molecular flexibility index (Phi) is 7.08. The molecule has 0 atom stereocenters. The van der Waals surface area contributed by atoms with Gasteiger partial charge in [0.1, 0.15) is 0 Å². The van der Waals surface area contributed by atoms with E-state index in [2.05, 4.69) is 4.72 Å². The van der Waals surface area contributed by atoms with Gasteiger partial charge in [-0.15, -0.1) is 0 Å². The van der Waals surface area contributed by atoms with Crippen molar-refractivity contribution in [1.82, 2.24) is 14.5 Å². The van der Waals surface area contributed by atoms with Gasteiger partial charge in [-0.3, -0.25) is 9.59 Å². The van der Waals surface area contributed by atoms with Crippen molar-refractivity contribution in [2.24, 2.45) is 5.92 Å². The first-order valence-electron chi connectivity index (χ1n) is 11.3. The number of rotatable bonds is 7. The molecule has 0 aromatic heterocycles. The largest absolute Gasteiger partial charge is 0.454 e. The number of nitrogens with one attached hydrogen (secondary N) is 1. The minimum atomic E-state index is -3.84. The van der Waals surface area contributed by atoms with E-state index in [1.54, 1.807) is 40.1 Å². The van der Waals surface area contributed by atoms with Crippen molar-refractivity contribution < 1.29 is 27.5 Å². The summed E-state index contributed by atoms with van der Waals surface area (Å²) in [5.41, 5.74) is 1.03. The molecule has 0 spiro atoms. The Morgan fingerprint density at radius 1 is 0.971 bits per heavy atom. The fraction of sp³-hybridized carbons (Fsp3) is 0.417. The van der Waals surface area contributed by atoms with E-state index in [1.165, 1.54) is 12.1 Å². The van der Waals surface area contributed by atoms with Gasteiger partial charge in [-0.1, -0.05) is 26.0 Å². The number of hydrogen-bond acceptors (Lipinski definition) is 6. The molecule has 182 valence electrons. The summed E-state index contributed by atoms with van der Waals surface area (Å²) >= 11 is 0. The van der Waals surface area contributed by atoms with Crippen LogP contribution in [0, 0.1) is 5.92 Å². The van der Waals surface area contributed by atoms with E-state index < -0.39 is 10.0 Å². The van der Waals surface area contributed by atoms with E-state index in [1.807, 2.05) is 13.8 Å². The predicted octanol–water partition coefficient (Wildman–Crippen LogP) is 2.22. The molecule has 0 unspecified atom stereocenters. The van der Waals surface area contributed by atoms with E-state index in [0.717, 1.165) is 5.56 Å². The SMILES string of the molecule is CC(C)CC(=O)N1CCN(C(=O)c2cccc(S(=O)(=O)NCc3ccc4c(c3)OCO4)c2)CC1. The Balaban J connectivity index is 1.38. The zero-order valence-corrected chi connectivity index (χ0v) is 20.1. The second-order valence-corrected chi connectivity index (χ2v) is 10.6. The molecule has 0 aliphatic carbocycles. The van der Waals surface area contributed by atoms with E-state index in [-0.39, 0.29) is 36.0 Å². The Morgan fingerprint density at radius 3 is 2.41 bits per heavy atom. The number of benzene rings is 2. The fourth-order valence-corrected chi connectivity index (χ4v) is 4.99. The van der Waals surface area contributed by atoms with Gasteiger partial charge in [0.15, 0.2) is 11.5 Å². The lowest BCUT2D eigenvalue weighted by Gasteiger charge is -2.35. The smallest absolute Gasteiger partial charge is 0.254 e. The van der Waals surface area contributed by atoms with Gasteiger partial charge < -0.3 is 19.3 Å². The van der Waals surface area contributed by atoms with E-state index >= 15 is 0 Å². The quantitative estimate of drug-likeness (QED) is 0.642. The van der Waals surface area contributed by atoms with Crippen LogP contribution in [0.15, 0.2) is 47.4 Å². The van der Waals surface area contributed by atoms with Crippen molar-refractivity contribution in [2.45, 2.75) is 31.7 Å². The number of fused-ring (bicyclic) bond motifs is 1. The summed E-state index contributed by atoms with van der Waals surface area (Å²) in [5.74, 6) is 1.35. The fourth-order valence-electron chi connectivity index (χ4n) is 3.93. The van der Waals surface area contributed by atoms with Gasteiger partial charge in [-0.05, 0) is 41.8 Å². The topological polar surface area (TPSA) is 105 Å². The summed E-state index contributed by atoms with van der Waals surface area (Å²) in [6.45, 7) is 6.02. The highest BCUT2D eigenvalue weighted by Gasteiger charge is 2.26. The minimum Gasteiger partial charge on any atom is -0.454 e. The van der Waals surface area contributed by atoms with Crippen LogP contribution in [0.4, 0.5) is 0 Å². The lowest BCUT2D eigenvalue weighted by Crippen LogP contribution is -2.50. The molecular weight excluding hydrogens is 458 g/mol. The van der Waals surface area contributed by atoms with Crippen LogP contribution in [0.25, 0.3) is 0 Å². The first kappa shape index (κ1) is 24.0. The van der Waals surface area contributed by atoms with Crippen molar-refractivity contribution >= 4 is 21.8 Å². The molecule has 1 N–H and O–H groups in total. The first-order valence-corrected chi connectivity index (χ1v) is 12.8. The second-order valence-electron chi connectivity index (χ2n) is 8.81. The van der Waals surface area contributed by atoms with Crippen LogP contribution in [0.2, 0.25) is 0 Å². The van der Waals surface area contributed by atoms with Gasteiger partial charge in [0.05, 0.1) is 4.90 Å². The number of ether oxygens (including phenoxy) is 2. The van der Waals surface area contributed by atoms with Crippen LogP contribution >= 0.6 is 0 Å². The maximum atomic E-state index is 13.0. The lowest BCUT2D eigenvalue weighted by atomic mass is 10.1. The van der Waals surface area contributed by atoms with Crippen LogP contribution in [0.3, 0.4) is 0 Å². The molecular formula is C24H29N3O6S. The van der Waals surface area contributed by atoms with Gasteiger partial charge in [-0.25, -0.2) is 13.1 Å². The molecule has 0 radical (unpaired) electrons. The molecule has 4 rings (SSSR count). The van der Waals surface area contributed by atoms with Crippen LogP contribution in [0.1, 0.15) is 36.2 Å². The molecule has 9 nitrogen and oxygen atoms in total. The Bertz CT molecular complexity index is 1170. The molecule has 0 bridgehead atoms. The Morgan fingerprint density at radius 2 is 1.68 bits per heavy atom. The second kappa shape index (κ2) is 10.0. The zero-order valence-electron chi connectivity index (χ0n) is 19.3. The summed E-state index contributed by atoms with van der Waals surface area (Å²) in [6, 6.07) is 11.3. The molecule has 2 amide bonds. The van der Waals surface area contributed by atoms with Gasteiger partial charge in [-0.2, -0.15) is 0 Å². The molecule has 2 aliphatic rings. The summed E-state index contributed by atoms with van der Waals surface area (Å²) in [7, 11) is -3.84. The molecule has 1 saturated heterocycles. The number of carbonyl (C=O) groups excluding carboxylic acids is 2. The average molecular weight is 488 g/mol. The van der Waals surface area contributed by atoms with Crippen molar-refractivity contribution in [3.63, 3.8) is 0 Å². The Hall–Kier alpha value is -3.11. The van der Waals surface area contributed by atoms with Gasteiger partial charge in [0.25, 0.3) is 5.91 Å². The highest BCUT2D eigenvalue weighted by molar-refractivity contribution is 7.89. The molecule has 2 aliphatic heterocycles. The number of carbonyl (C=O) groups is 2. The third kappa shape index (κ3) is 5.51. The number of nitrogens with zero attached hydrogens (tertiary/aromatic N) is 2. The average Bonchev–Trinajstić information content (AvgIpc) is 3.30. The Labute approximate surface area is 199 Å². The zero-order chi connectivity index (χ0) is 24.3. The molecule has 1 fully saturated rings. The monoisotopic (exact) mass is 487 g/mol. The maximum Gasteiger partial charge on any atom is 0.254 e. The van der Waals surface area contributed by atoms with E-state index in [9.17, 15) is 18.0 Å². The normalized spacial score (nSPS) is 15.6. The van der Waals surface area contributed by atoms with Crippen molar-refractivity contribution in [3.8, 4) is 11.5 Å². The summed E-state index contributed by atoms with van der Waals surface area (Å²) in [5, 5.41) is 0. The first-order chi connectivity index (χ1) is 16.2. The van der Waals surface area contributed by atoms with Crippen molar-refractivity contribution in [3.05, 3.63) is 53.6 Å². The molecule has 2 aromatic rings. The van der Waals surface area contributed by atoms with Gasteiger partial charge in [0.2, 0.25) is 22.7 Å². The van der Waals surface area contributed by atoms with Crippen molar-refractivity contribution in [1.29, 1.82) is 0 Å². The molecule has 0 saturated carbocycles. The number of amides is 2. The maximum absolute atomic E-state index is 13.0. The van der Waals surface area contributed by atoms with Crippen LogP contribution < -0.4 is 14.2 Å². The van der Waals surface area contributed by atoms with Crippen molar-refractivity contribution in [2.75, 3.05) is 33.0 Å². The lowest BCUT2D eigenvalue weighted by molar-refractivity contribution is -0.133. The van der Waals surface area contributed by atoms with E-state index in [4.69, 9.17) is 9.47 Å². The number of sulfonamides is 1. The minimum absolute atomic E-state index is 0.0184. The summed E-state index contributed by atoms with van der Waals surface area (Å²) in [4.78, 5) is 28.7. The standard InChI is InChI=1S/C24H29N3O6S/c1-17(2)12-23(28)26-8-10-27(11-9-26)24(29)19-4-3-5-20(14-19)34(30,31)25-15-18-6-7-21-22(13-18)33-16-32-21/h3-7,13-14,17,25H,8-12,15-16H2,1-2H3. The molecule has 2 aromatic carbocycles. The van der Waals surface area contributed by atoms with E-state index in [0.29, 0.717) is 49.7 Å². The van der Waals surface area contributed by atoms with Gasteiger partial charge >= 0.3 is 0 Å². The number of hydrogen-bond donors (Lipinski definition) is 1. The molecule has 2 heterocycles. The highest BCUT2D eigenvalue weighted by Crippen LogP contribution is 2.32. The summed E-state index contributed by atoms with van der Waals surface area (Å²) in [6.07, 6.45) is 0.493. The molecule has 34 heavy (non-hydrogen) atoms. The third-order valence-electron chi connectivity index (χ3n) is 5.80. The third-order valence-corrected chi connectivity index (χ3v) is 7.20. The predicted molar refractivity (Wildman–Crippen MR) is 125 cm³/mol. The summed E-state index contributed by atoms with van der Waals surface area (Å²) < 4.78 is 38.9. The highest BCUT2D eigenvalue weighted by atomic mass is 32.2. The van der Waals surface area contributed by atoms with Crippen LogP contribution in [-0.4, -0.2) is 63.0 Å². The number of piperazine rings is 1. The molecule has 10 heteroatoms. The van der Waals surface area contributed by atoms with Crippen LogP contribution in [0.5, 0.6) is 11.5 Å². The van der Waals surface area contributed by atoms with Gasteiger partial charge in [0, 0.05) is 44.7 Å². The van der Waals surface area contributed by atoms with Crippen LogP contribution in [-0.2, 0) is 21.4 Å².